The van der Waals surface area contributed by atoms with E-state index in [2.05, 4.69) is 21.5 Å². The fourth-order valence-electron chi connectivity index (χ4n) is 5.78. The van der Waals surface area contributed by atoms with E-state index in [-0.39, 0.29) is 30.0 Å². The molecule has 9 heteroatoms. The highest BCUT2D eigenvalue weighted by Crippen LogP contribution is 2.45. The lowest BCUT2D eigenvalue weighted by molar-refractivity contribution is -0.173. The largest absolute Gasteiger partial charge is 0.481 e. The maximum Gasteiger partial charge on any atom is 0.410 e. The van der Waals surface area contributed by atoms with Crippen LogP contribution < -0.4 is 10.1 Å². The van der Waals surface area contributed by atoms with Gasteiger partial charge in [-0.15, -0.1) is 0 Å². The molecule has 0 spiro atoms. The summed E-state index contributed by atoms with van der Waals surface area (Å²) < 4.78 is 48.6. The molecule has 4 aromatic rings. The Morgan fingerprint density at radius 2 is 1.76 bits per heavy atom. The smallest absolute Gasteiger partial charge is 0.410 e. The standard InChI is InChI=1S/C32H33F3N4O2/c1-4-31(5-2,24-13-9-12-22(16-24)23-14-15-29(41-3)36-19-23)18-27(40)25-20-37-39-28(32(33,34)35)17-26(38-30(25)39)21-10-7-6-8-11-21/h6-16,19-20,26,28,38H,4-5,17-18H2,1-3H3. The molecule has 0 aliphatic carbocycles. The van der Waals surface area contributed by atoms with Gasteiger partial charge in [0.2, 0.25) is 5.88 Å². The van der Waals surface area contributed by atoms with Crippen molar-refractivity contribution < 1.29 is 22.7 Å². The third-order valence-electron chi connectivity index (χ3n) is 8.35. The van der Waals surface area contributed by atoms with Crippen LogP contribution in [0.4, 0.5) is 19.0 Å². The van der Waals surface area contributed by atoms with Crippen molar-refractivity contribution in [2.24, 2.45) is 0 Å². The SMILES string of the molecule is CCC(CC)(CC(=O)c1cnn2c1NC(c1ccccc1)CC2C(F)(F)F)c1cccc(-c2ccc(OC)nc2)c1. The van der Waals surface area contributed by atoms with Gasteiger partial charge in [0.05, 0.1) is 24.9 Å². The number of ketones is 1. The van der Waals surface area contributed by atoms with Crippen LogP contribution in [0.15, 0.2) is 79.1 Å². The Hall–Kier alpha value is -4.14. The number of ether oxygens (including phenoxy) is 1. The van der Waals surface area contributed by atoms with Crippen molar-refractivity contribution in [1.29, 1.82) is 0 Å². The van der Waals surface area contributed by atoms with Gasteiger partial charge in [0.1, 0.15) is 5.82 Å². The van der Waals surface area contributed by atoms with Gasteiger partial charge < -0.3 is 10.1 Å². The van der Waals surface area contributed by atoms with Gasteiger partial charge in [-0.25, -0.2) is 9.67 Å². The molecule has 0 fully saturated rings. The number of nitrogens with one attached hydrogen (secondary N) is 1. The number of carbonyl (C=O) groups excluding carboxylic acids is 1. The first-order valence-corrected chi connectivity index (χ1v) is 13.8. The molecule has 5 rings (SSSR count). The van der Waals surface area contributed by atoms with Gasteiger partial charge in [0.15, 0.2) is 11.8 Å². The zero-order valence-electron chi connectivity index (χ0n) is 23.3. The van der Waals surface area contributed by atoms with Crippen LogP contribution in [-0.2, 0) is 5.41 Å². The fourth-order valence-corrected chi connectivity index (χ4v) is 5.78. The van der Waals surface area contributed by atoms with Crippen molar-refractivity contribution in [2.75, 3.05) is 12.4 Å². The second kappa shape index (κ2) is 11.4. The zero-order chi connectivity index (χ0) is 29.2. The van der Waals surface area contributed by atoms with Crippen molar-refractivity contribution in [2.45, 2.75) is 63.2 Å². The molecular formula is C32H33F3N4O2. The summed E-state index contributed by atoms with van der Waals surface area (Å²) in [5, 5.41) is 7.28. The zero-order valence-corrected chi connectivity index (χ0v) is 23.3. The number of anilines is 1. The van der Waals surface area contributed by atoms with Crippen molar-refractivity contribution in [3.05, 3.63) is 95.8 Å². The Labute approximate surface area is 237 Å². The lowest BCUT2D eigenvalue weighted by Crippen LogP contribution is -2.36. The van der Waals surface area contributed by atoms with Crippen molar-refractivity contribution in [3.8, 4) is 17.0 Å². The van der Waals surface area contributed by atoms with E-state index >= 15 is 0 Å². The molecular weight excluding hydrogens is 529 g/mol. The third kappa shape index (κ3) is 5.58. The van der Waals surface area contributed by atoms with Gasteiger partial charge in [-0.3, -0.25) is 4.79 Å². The van der Waals surface area contributed by atoms with E-state index in [1.54, 1.807) is 43.6 Å². The molecule has 0 saturated heterocycles. The van der Waals surface area contributed by atoms with Crippen LogP contribution in [-0.4, -0.2) is 33.8 Å². The molecule has 2 aromatic carbocycles. The molecule has 0 radical (unpaired) electrons. The summed E-state index contributed by atoms with van der Waals surface area (Å²) in [6, 6.07) is 18.3. The maximum absolute atomic E-state index is 14.2. The first kappa shape index (κ1) is 28.4. The number of benzene rings is 2. The molecule has 2 unspecified atom stereocenters. The molecule has 0 bridgehead atoms. The van der Waals surface area contributed by atoms with Crippen molar-refractivity contribution in [1.82, 2.24) is 14.8 Å². The van der Waals surface area contributed by atoms with Gasteiger partial charge in [-0.05, 0) is 35.6 Å². The van der Waals surface area contributed by atoms with Crippen molar-refractivity contribution >= 4 is 11.6 Å². The van der Waals surface area contributed by atoms with Crippen LogP contribution in [0.2, 0.25) is 0 Å². The van der Waals surface area contributed by atoms with E-state index in [1.807, 2.05) is 44.2 Å². The van der Waals surface area contributed by atoms with Gasteiger partial charge in [0, 0.05) is 36.1 Å². The number of aromatic nitrogens is 3. The predicted octanol–water partition coefficient (Wildman–Crippen LogP) is 7.94. The summed E-state index contributed by atoms with van der Waals surface area (Å²) in [4.78, 5) is 18.2. The van der Waals surface area contributed by atoms with Gasteiger partial charge in [-0.2, -0.15) is 18.3 Å². The second-order valence-electron chi connectivity index (χ2n) is 10.5. The van der Waals surface area contributed by atoms with E-state index in [0.29, 0.717) is 18.7 Å². The van der Waals surface area contributed by atoms with Gasteiger partial charge in [0.25, 0.3) is 0 Å². The molecule has 1 aliphatic rings. The van der Waals surface area contributed by atoms with Crippen LogP contribution >= 0.6 is 0 Å². The predicted molar refractivity (Wildman–Crippen MR) is 152 cm³/mol. The van der Waals surface area contributed by atoms with Gasteiger partial charge in [-0.1, -0.05) is 68.4 Å². The van der Waals surface area contributed by atoms with Crippen LogP contribution in [0.5, 0.6) is 5.88 Å². The van der Waals surface area contributed by atoms with Crippen LogP contribution in [0.25, 0.3) is 11.1 Å². The molecule has 1 aliphatic heterocycles. The Morgan fingerprint density at radius 3 is 2.39 bits per heavy atom. The van der Waals surface area contributed by atoms with E-state index in [0.717, 1.165) is 26.9 Å². The summed E-state index contributed by atoms with van der Waals surface area (Å²) in [5.74, 6) is 0.401. The highest BCUT2D eigenvalue weighted by molar-refractivity contribution is 6.01. The van der Waals surface area contributed by atoms with Gasteiger partial charge >= 0.3 is 6.18 Å². The number of carbonyl (C=O) groups is 1. The summed E-state index contributed by atoms with van der Waals surface area (Å²) in [5.41, 5.74) is 3.27. The second-order valence-corrected chi connectivity index (χ2v) is 10.5. The lowest BCUT2D eigenvalue weighted by Gasteiger charge is -2.35. The quantitative estimate of drug-likeness (QED) is 0.210. The maximum atomic E-state index is 14.2. The molecule has 2 atom stereocenters. The number of Topliss-reactive ketones (excluding diaryl/α,β-unsaturated/α-hetero) is 1. The molecule has 6 nitrogen and oxygen atoms in total. The first-order chi connectivity index (χ1) is 19.7. The van der Waals surface area contributed by atoms with Crippen LogP contribution in [0.3, 0.4) is 0 Å². The number of rotatable bonds is 9. The van der Waals surface area contributed by atoms with Crippen molar-refractivity contribution in [3.63, 3.8) is 0 Å². The molecule has 41 heavy (non-hydrogen) atoms. The normalized spacial score (nSPS) is 17.0. The first-order valence-electron chi connectivity index (χ1n) is 13.8. The highest BCUT2D eigenvalue weighted by Gasteiger charge is 2.47. The van der Waals surface area contributed by atoms with E-state index in [1.165, 1.54) is 6.20 Å². The minimum atomic E-state index is -4.51. The molecule has 0 amide bonds. The number of fused-ring (bicyclic) bond motifs is 1. The molecule has 214 valence electrons. The van der Waals surface area contributed by atoms with E-state index in [4.69, 9.17) is 4.74 Å². The Morgan fingerprint density at radius 1 is 1.00 bits per heavy atom. The topological polar surface area (TPSA) is 69.0 Å². The van der Waals surface area contributed by atoms with Crippen LogP contribution in [0.1, 0.15) is 73.1 Å². The Balaban J connectivity index is 1.48. The number of alkyl halides is 3. The summed E-state index contributed by atoms with van der Waals surface area (Å²) in [6.07, 6.45) is -0.208. The average molecular weight is 563 g/mol. The summed E-state index contributed by atoms with van der Waals surface area (Å²) in [7, 11) is 1.56. The molecule has 2 aromatic heterocycles. The molecule has 3 heterocycles. The number of pyridine rings is 1. The molecule has 0 saturated carbocycles. The minimum absolute atomic E-state index is 0.122. The van der Waals surface area contributed by atoms with Crippen LogP contribution in [0, 0.1) is 0 Å². The Bertz CT molecular complexity index is 1500. The highest BCUT2D eigenvalue weighted by atomic mass is 19.4. The van der Waals surface area contributed by atoms with E-state index in [9.17, 15) is 18.0 Å². The summed E-state index contributed by atoms with van der Waals surface area (Å²) in [6.45, 7) is 4.07. The monoisotopic (exact) mass is 562 g/mol. The Kier molecular flexibility index (Phi) is 7.89. The number of hydrogen-bond acceptors (Lipinski definition) is 5. The minimum Gasteiger partial charge on any atom is -0.481 e. The lowest BCUT2D eigenvalue weighted by atomic mass is 9.71. The number of methoxy groups -OCH3 is 1. The molecule has 1 N–H and O–H groups in total. The number of nitrogens with zero attached hydrogens (tertiary/aromatic N) is 3. The fraction of sp³-hybridized carbons (Fsp3) is 0.344. The third-order valence-corrected chi connectivity index (χ3v) is 8.35. The average Bonchev–Trinajstić information content (AvgIpc) is 3.43. The number of hydrogen-bond donors (Lipinski definition) is 1. The summed E-state index contributed by atoms with van der Waals surface area (Å²) >= 11 is 0. The number of halogens is 3. The van der Waals surface area contributed by atoms with E-state index < -0.39 is 23.7 Å².